The molecular formula is C16H12ClN3O2. The van der Waals surface area contributed by atoms with Crippen molar-refractivity contribution in [1.82, 2.24) is 5.32 Å². The Morgan fingerprint density at radius 1 is 1.09 bits per heavy atom. The fourth-order valence-corrected chi connectivity index (χ4v) is 2.01. The van der Waals surface area contributed by atoms with Crippen LogP contribution in [0.15, 0.2) is 48.5 Å². The molecule has 0 spiro atoms. The summed E-state index contributed by atoms with van der Waals surface area (Å²) in [6, 6.07) is 15.2. The minimum atomic E-state index is -0.436. The fraction of sp³-hybridized carbons (Fsp3) is 0.0625. The van der Waals surface area contributed by atoms with Crippen LogP contribution in [0.25, 0.3) is 0 Å². The number of hydrogen-bond acceptors (Lipinski definition) is 3. The van der Waals surface area contributed by atoms with Crippen LogP contribution in [0.2, 0.25) is 5.02 Å². The molecule has 0 unspecified atom stereocenters. The van der Waals surface area contributed by atoms with Gasteiger partial charge in [0.25, 0.3) is 5.91 Å². The van der Waals surface area contributed by atoms with Crippen molar-refractivity contribution in [2.45, 2.75) is 0 Å². The Morgan fingerprint density at radius 3 is 2.50 bits per heavy atom. The van der Waals surface area contributed by atoms with Crippen LogP contribution >= 0.6 is 11.6 Å². The number of nitrogens with one attached hydrogen (secondary N) is 2. The van der Waals surface area contributed by atoms with E-state index in [1.54, 1.807) is 48.5 Å². The van der Waals surface area contributed by atoms with E-state index >= 15 is 0 Å². The van der Waals surface area contributed by atoms with E-state index in [-0.39, 0.29) is 6.54 Å². The quantitative estimate of drug-likeness (QED) is 0.910. The fourth-order valence-electron chi connectivity index (χ4n) is 1.79. The van der Waals surface area contributed by atoms with Crippen LogP contribution in [0.4, 0.5) is 5.69 Å². The van der Waals surface area contributed by atoms with Crippen molar-refractivity contribution in [1.29, 1.82) is 5.26 Å². The topological polar surface area (TPSA) is 82.0 Å². The summed E-state index contributed by atoms with van der Waals surface area (Å²) in [5.74, 6) is -0.863. The SMILES string of the molecule is N#Cc1ccccc1NC(=O)CNC(=O)c1ccccc1Cl. The molecule has 0 aliphatic carbocycles. The Kier molecular flexibility index (Phi) is 5.12. The highest BCUT2D eigenvalue weighted by Gasteiger charge is 2.11. The number of carbonyl (C=O) groups is 2. The van der Waals surface area contributed by atoms with E-state index in [0.29, 0.717) is 21.8 Å². The van der Waals surface area contributed by atoms with Crippen LogP contribution in [-0.2, 0) is 4.79 Å². The lowest BCUT2D eigenvalue weighted by Gasteiger charge is -2.08. The molecule has 0 aliphatic rings. The van der Waals surface area contributed by atoms with Gasteiger partial charge in [-0.2, -0.15) is 5.26 Å². The second-order valence-corrected chi connectivity index (χ2v) is 4.78. The molecule has 0 fully saturated rings. The molecule has 0 bridgehead atoms. The number of anilines is 1. The summed E-state index contributed by atoms with van der Waals surface area (Å²) in [5, 5.41) is 14.3. The molecule has 6 heteroatoms. The van der Waals surface area contributed by atoms with Gasteiger partial charge in [-0.05, 0) is 24.3 Å². The standard InChI is InChI=1S/C16H12ClN3O2/c17-13-7-3-2-6-12(13)16(22)19-10-15(21)20-14-8-4-1-5-11(14)9-18/h1-8H,10H2,(H,19,22)(H,20,21). The molecule has 0 atom stereocenters. The molecule has 2 aromatic rings. The van der Waals surface area contributed by atoms with E-state index in [1.807, 2.05) is 6.07 Å². The number of hydrogen-bond donors (Lipinski definition) is 2. The second-order valence-electron chi connectivity index (χ2n) is 4.37. The van der Waals surface area contributed by atoms with E-state index in [4.69, 9.17) is 16.9 Å². The van der Waals surface area contributed by atoms with E-state index in [2.05, 4.69) is 10.6 Å². The smallest absolute Gasteiger partial charge is 0.253 e. The molecule has 2 N–H and O–H groups in total. The number of carbonyl (C=O) groups excluding carboxylic acids is 2. The number of halogens is 1. The highest BCUT2D eigenvalue weighted by molar-refractivity contribution is 6.33. The van der Waals surface area contributed by atoms with E-state index in [1.165, 1.54) is 0 Å². The monoisotopic (exact) mass is 313 g/mol. The van der Waals surface area contributed by atoms with Gasteiger partial charge in [0.1, 0.15) is 6.07 Å². The molecule has 110 valence electrons. The van der Waals surface area contributed by atoms with E-state index in [0.717, 1.165) is 0 Å². The Hall–Kier alpha value is -2.84. The number of benzene rings is 2. The molecule has 0 radical (unpaired) electrons. The van der Waals surface area contributed by atoms with Gasteiger partial charge in [0, 0.05) is 0 Å². The maximum atomic E-state index is 11.9. The van der Waals surface area contributed by atoms with Gasteiger partial charge in [0.2, 0.25) is 5.91 Å². The predicted molar refractivity (Wildman–Crippen MR) is 83.6 cm³/mol. The molecule has 0 aliphatic heterocycles. The van der Waals surface area contributed by atoms with Gasteiger partial charge in [-0.15, -0.1) is 0 Å². The first-order valence-electron chi connectivity index (χ1n) is 6.43. The summed E-state index contributed by atoms with van der Waals surface area (Å²) in [5.41, 5.74) is 1.06. The highest BCUT2D eigenvalue weighted by Crippen LogP contribution is 2.15. The zero-order valence-corrected chi connectivity index (χ0v) is 12.2. The Balaban J connectivity index is 1.95. The highest BCUT2D eigenvalue weighted by atomic mass is 35.5. The van der Waals surface area contributed by atoms with Crippen LogP contribution < -0.4 is 10.6 Å². The third kappa shape index (κ3) is 3.84. The summed E-state index contributed by atoms with van der Waals surface area (Å²) in [7, 11) is 0. The lowest BCUT2D eigenvalue weighted by molar-refractivity contribution is -0.115. The average Bonchev–Trinajstić information content (AvgIpc) is 2.53. The summed E-state index contributed by atoms with van der Waals surface area (Å²) in [6.07, 6.45) is 0. The zero-order chi connectivity index (χ0) is 15.9. The van der Waals surface area contributed by atoms with Crippen molar-refractivity contribution >= 4 is 29.1 Å². The van der Waals surface area contributed by atoms with Crippen molar-refractivity contribution in [2.75, 3.05) is 11.9 Å². The lowest BCUT2D eigenvalue weighted by atomic mass is 10.2. The molecule has 2 aromatic carbocycles. The van der Waals surface area contributed by atoms with Crippen molar-refractivity contribution in [3.05, 3.63) is 64.7 Å². The normalized spacial score (nSPS) is 9.64. The minimum Gasteiger partial charge on any atom is -0.343 e. The molecule has 22 heavy (non-hydrogen) atoms. The Morgan fingerprint density at radius 2 is 1.77 bits per heavy atom. The van der Waals surface area contributed by atoms with Gasteiger partial charge >= 0.3 is 0 Å². The van der Waals surface area contributed by atoms with Gasteiger partial charge in [-0.1, -0.05) is 35.9 Å². The number of rotatable bonds is 4. The predicted octanol–water partition coefficient (Wildman–Crippen LogP) is 2.58. The van der Waals surface area contributed by atoms with E-state index in [9.17, 15) is 9.59 Å². The molecule has 2 amide bonds. The molecule has 0 saturated carbocycles. The van der Waals surface area contributed by atoms with Gasteiger partial charge in [0.05, 0.1) is 28.4 Å². The summed E-state index contributed by atoms with van der Waals surface area (Å²) >= 11 is 5.91. The van der Waals surface area contributed by atoms with Gasteiger partial charge in [-0.25, -0.2) is 0 Å². The van der Waals surface area contributed by atoms with Crippen LogP contribution in [-0.4, -0.2) is 18.4 Å². The molecule has 0 aromatic heterocycles. The van der Waals surface area contributed by atoms with Gasteiger partial charge in [0.15, 0.2) is 0 Å². The Bertz CT molecular complexity index is 753. The van der Waals surface area contributed by atoms with Crippen LogP contribution in [0, 0.1) is 11.3 Å². The zero-order valence-electron chi connectivity index (χ0n) is 11.5. The molecule has 2 rings (SSSR count). The van der Waals surface area contributed by atoms with Crippen LogP contribution in [0.3, 0.4) is 0 Å². The Labute approximate surface area is 132 Å². The molecule has 0 heterocycles. The minimum absolute atomic E-state index is 0.218. The summed E-state index contributed by atoms with van der Waals surface area (Å²) < 4.78 is 0. The van der Waals surface area contributed by atoms with E-state index < -0.39 is 11.8 Å². The molecule has 5 nitrogen and oxygen atoms in total. The molecule has 0 saturated heterocycles. The second kappa shape index (κ2) is 7.25. The van der Waals surface area contributed by atoms with Crippen molar-refractivity contribution in [3.8, 4) is 6.07 Å². The maximum absolute atomic E-state index is 11.9. The first kappa shape index (κ1) is 15.5. The van der Waals surface area contributed by atoms with Crippen molar-refractivity contribution in [2.24, 2.45) is 0 Å². The maximum Gasteiger partial charge on any atom is 0.253 e. The van der Waals surface area contributed by atoms with Gasteiger partial charge < -0.3 is 10.6 Å². The third-order valence-electron chi connectivity index (χ3n) is 2.85. The number of para-hydroxylation sites is 1. The van der Waals surface area contributed by atoms with Crippen molar-refractivity contribution < 1.29 is 9.59 Å². The van der Waals surface area contributed by atoms with Crippen molar-refractivity contribution in [3.63, 3.8) is 0 Å². The van der Waals surface area contributed by atoms with Crippen LogP contribution in [0.1, 0.15) is 15.9 Å². The largest absolute Gasteiger partial charge is 0.343 e. The third-order valence-corrected chi connectivity index (χ3v) is 3.18. The lowest BCUT2D eigenvalue weighted by Crippen LogP contribution is -2.33. The number of amides is 2. The first-order valence-corrected chi connectivity index (χ1v) is 6.81. The summed E-state index contributed by atoms with van der Waals surface area (Å²) in [4.78, 5) is 23.8. The first-order chi connectivity index (χ1) is 10.6. The number of nitriles is 1. The summed E-state index contributed by atoms with van der Waals surface area (Å²) in [6.45, 7) is -0.218. The van der Waals surface area contributed by atoms with Gasteiger partial charge in [-0.3, -0.25) is 9.59 Å². The number of nitrogens with zero attached hydrogens (tertiary/aromatic N) is 1. The van der Waals surface area contributed by atoms with Crippen LogP contribution in [0.5, 0.6) is 0 Å². The molecular weight excluding hydrogens is 302 g/mol. The average molecular weight is 314 g/mol.